The third-order valence-electron chi connectivity index (χ3n) is 2.73. The Morgan fingerprint density at radius 1 is 1.53 bits per heavy atom. The average Bonchev–Trinajstić information content (AvgIpc) is 2.42. The SMILES string of the molecule is C=[N+](C1=CN(C)CC=C1)C(=NC)NC(C=CC)=CC. The number of hydrogen-bond acceptors (Lipinski definition) is 2. The van der Waals surface area contributed by atoms with Gasteiger partial charge in [0.2, 0.25) is 0 Å². The highest BCUT2D eigenvalue weighted by atomic mass is 15.2. The topological polar surface area (TPSA) is 30.6 Å². The van der Waals surface area contributed by atoms with Crippen LogP contribution in [0.4, 0.5) is 0 Å². The molecule has 1 aliphatic rings. The van der Waals surface area contributed by atoms with Crippen molar-refractivity contribution < 1.29 is 4.58 Å². The molecular formula is C15H23N4+. The summed E-state index contributed by atoms with van der Waals surface area (Å²) in [6.07, 6.45) is 12.2. The molecule has 0 amide bonds. The van der Waals surface area contributed by atoms with Crippen LogP contribution in [-0.4, -0.2) is 42.8 Å². The first-order valence-electron chi connectivity index (χ1n) is 6.34. The summed E-state index contributed by atoms with van der Waals surface area (Å²) in [7, 11) is 3.78. The fourth-order valence-corrected chi connectivity index (χ4v) is 1.71. The van der Waals surface area contributed by atoms with Crippen LogP contribution in [0.25, 0.3) is 0 Å². The van der Waals surface area contributed by atoms with Crippen LogP contribution in [0.2, 0.25) is 0 Å². The number of rotatable bonds is 3. The molecule has 1 heterocycles. The summed E-state index contributed by atoms with van der Waals surface area (Å²) in [6.45, 7) is 8.94. The maximum Gasteiger partial charge on any atom is 0.395 e. The lowest BCUT2D eigenvalue weighted by Crippen LogP contribution is -2.33. The quantitative estimate of drug-likeness (QED) is 0.364. The van der Waals surface area contributed by atoms with E-state index >= 15 is 0 Å². The number of allylic oxidation sites excluding steroid dienone is 4. The lowest BCUT2D eigenvalue weighted by atomic mass is 10.3. The summed E-state index contributed by atoms with van der Waals surface area (Å²) in [5.41, 5.74) is 1.99. The van der Waals surface area contributed by atoms with E-state index in [1.165, 1.54) is 0 Å². The van der Waals surface area contributed by atoms with E-state index in [2.05, 4.69) is 28.0 Å². The van der Waals surface area contributed by atoms with Gasteiger partial charge in [-0.1, -0.05) is 12.2 Å². The van der Waals surface area contributed by atoms with Crippen molar-refractivity contribution in [1.29, 1.82) is 0 Å². The van der Waals surface area contributed by atoms with Gasteiger partial charge in [0.25, 0.3) is 0 Å². The normalized spacial score (nSPS) is 16.8. The zero-order valence-corrected chi connectivity index (χ0v) is 12.2. The van der Waals surface area contributed by atoms with Crippen LogP contribution in [0, 0.1) is 0 Å². The van der Waals surface area contributed by atoms with Crippen molar-refractivity contribution in [1.82, 2.24) is 10.2 Å². The first kappa shape index (κ1) is 15.0. The molecular weight excluding hydrogens is 236 g/mol. The summed E-state index contributed by atoms with van der Waals surface area (Å²) in [5, 5.41) is 3.26. The Kier molecular flexibility index (Phi) is 5.79. The molecule has 0 aromatic heterocycles. The number of likely N-dealkylation sites (N-methyl/N-ethyl adjacent to an activating group) is 1. The van der Waals surface area contributed by atoms with E-state index < -0.39 is 0 Å². The molecule has 0 aromatic rings. The number of guanidine groups is 1. The highest BCUT2D eigenvalue weighted by molar-refractivity contribution is 5.76. The second kappa shape index (κ2) is 7.36. The van der Waals surface area contributed by atoms with Gasteiger partial charge in [0.15, 0.2) is 0 Å². The predicted molar refractivity (Wildman–Crippen MR) is 82.3 cm³/mol. The van der Waals surface area contributed by atoms with Crippen LogP contribution in [0.15, 0.2) is 53.0 Å². The van der Waals surface area contributed by atoms with Gasteiger partial charge in [-0.05, 0) is 32.1 Å². The van der Waals surface area contributed by atoms with Gasteiger partial charge in [-0.25, -0.2) is 9.89 Å². The minimum atomic E-state index is 0.706. The summed E-state index contributed by atoms with van der Waals surface area (Å²) in [5.74, 6) is 0.706. The Morgan fingerprint density at radius 3 is 2.79 bits per heavy atom. The fourth-order valence-electron chi connectivity index (χ4n) is 1.71. The Labute approximate surface area is 115 Å². The van der Waals surface area contributed by atoms with Crippen molar-refractivity contribution in [3.8, 4) is 0 Å². The van der Waals surface area contributed by atoms with Crippen LogP contribution in [-0.2, 0) is 0 Å². The molecule has 19 heavy (non-hydrogen) atoms. The predicted octanol–water partition coefficient (Wildman–Crippen LogP) is 2.10. The minimum Gasteiger partial charge on any atom is -0.374 e. The van der Waals surface area contributed by atoms with Crippen molar-refractivity contribution in [3.63, 3.8) is 0 Å². The summed E-state index contributed by atoms with van der Waals surface area (Å²) < 4.78 is 1.79. The van der Waals surface area contributed by atoms with Gasteiger partial charge in [-0.3, -0.25) is 0 Å². The standard InChI is InChI=1S/C15H23N4/c1-6-9-13(7-2)17-15(16-3)19(5)14-10-8-11-18(4)12-14/h6-10,12H,5,11H2,1-4H3,(H,16,17)/q+1. The third kappa shape index (κ3) is 4.25. The molecule has 0 fully saturated rings. The first-order valence-corrected chi connectivity index (χ1v) is 6.34. The van der Waals surface area contributed by atoms with E-state index in [9.17, 15) is 0 Å². The van der Waals surface area contributed by atoms with E-state index in [1.807, 2.05) is 51.4 Å². The van der Waals surface area contributed by atoms with Crippen LogP contribution in [0.3, 0.4) is 0 Å². The molecule has 0 atom stereocenters. The lowest BCUT2D eigenvalue weighted by Gasteiger charge is -2.18. The summed E-state index contributed by atoms with van der Waals surface area (Å²) >= 11 is 0. The number of hydrogen-bond donors (Lipinski definition) is 1. The second-order valence-corrected chi connectivity index (χ2v) is 4.24. The highest BCUT2D eigenvalue weighted by Crippen LogP contribution is 2.07. The van der Waals surface area contributed by atoms with Crippen LogP contribution in [0.5, 0.6) is 0 Å². The maximum absolute atomic E-state index is 4.26. The molecule has 0 saturated heterocycles. The third-order valence-corrected chi connectivity index (χ3v) is 2.73. The molecule has 0 radical (unpaired) electrons. The highest BCUT2D eigenvalue weighted by Gasteiger charge is 2.16. The second-order valence-electron chi connectivity index (χ2n) is 4.24. The molecule has 0 aromatic carbocycles. The lowest BCUT2D eigenvalue weighted by molar-refractivity contribution is -0.338. The van der Waals surface area contributed by atoms with Crippen molar-refractivity contribution >= 4 is 12.7 Å². The molecule has 0 bridgehead atoms. The molecule has 0 unspecified atom stereocenters. The largest absolute Gasteiger partial charge is 0.395 e. The van der Waals surface area contributed by atoms with Crippen molar-refractivity contribution in [2.75, 3.05) is 20.6 Å². The summed E-state index contributed by atoms with van der Waals surface area (Å²) in [4.78, 5) is 6.36. The molecule has 1 aliphatic heterocycles. The molecule has 0 spiro atoms. The summed E-state index contributed by atoms with van der Waals surface area (Å²) in [6, 6.07) is 0. The molecule has 1 N–H and O–H groups in total. The van der Waals surface area contributed by atoms with Gasteiger partial charge in [0.05, 0.1) is 12.7 Å². The van der Waals surface area contributed by atoms with E-state index in [-0.39, 0.29) is 0 Å². The van der Waals surface area contributed by atoms with Gasteiger partial charge in [-0.15, -0.1) is 4.99 Å². The Balaban J connectivity index is 2.87. The zero-order valence-electron chi connectivity index (χ0n) is 12.2. The first-order chi connectivity index (χ1) is 9.12. The molecule has 4 nitrogen and oxygen atoms in total. The molecule has 0 saturated carbocycles. The van der Waals surface area contributed by atoms with Crippen LogP contribution in [0.1, 0.15) is 13.8 Å². The van der Waals surface area contributed by atoms with Crippen molar-refractivity contribution in [2.24, 2.45) is 4.99 Å². The fraction of sp³-hybridized carbons (Fsp3) is 0.333. The van der Waals surface area contributed by atoms with Crippen LogP contribution >= 0.6 is 0 Å². The van der Waals surface area contributed by atoms with E-state index in [4.69, 9.17) is 0 Å². The number of aliphatic imine (C=N–C) groups is 1. The van der Waals surface area contributed by atoms with Gasteiger partial charge in [-0.2, -0.15) is 0 Å². The maximum atomic E-state index is 4.26. The van der Waals surface area contributed by atoms with E-state index in [0.29, 0.717) is 5.96 Å². The van der Waals surface area contributed by atoms with E-state index in [0.717, 1.165) is 17.9 Å². The van der Waals surface area contributed by atoms with Crippen molar-refractivity contribution in [2.45, 2.75) is 13.8 Å². The van der Waals surface area contributed by atoms with Gasteiger partial charge in [0.1, 0.15) is 5.70 Å². The Bertz CT molecular complexity index is 478. The smallest absolute Gasteiger partial charge is 0.374 e. The Morgan fingerprint density at radius 2 is 2.26 bits per heavy atom. The Hall–Kier alpha value is -2.10. The molecule has 0 aliphatic carbocycles. The number of nitrogens with one attached hydrogen (secondary N) is 1. The zero-order chi connectivity index (χ0) is 14.3. The van der Waals surface area contributed by atoms with Crippen molar-refractivity contribution in [3.05, 3.63) is 48.0 Å². The monoisotopic (exact) mass is 259 g/mol. The van der Waals surface area contributed by atoms with Crippen LogP contribution < -0.4 is 5.32 Å². The number of nitrogens with zero attached hydrogens (tertiary/aromatic N) is 3. The molecule has 102 valence electrons. The molecule has 4 heteroatoms. The van der Waals surface area contributed by atoms with E-state index in [1.54, 1.807) is 11.6 Å². The minimum absolute atomic E-state index is 0.706. The van der Waals surface area contributed by atoms with Gasteiger partial charge < -0.3 is 4.90 Å². The van der Waals surface area contributed by atoms with Gasteiger partial charge in [0, 0.05) is 26.5 Å². The van der Waals surface area contributed by atoms with Gasteiger partial charge >= 0.3 is 5.96 Å². The molecule has 1 rings (SSSR count). The average molecular weight is 259 g/mol.